The van der Waals surface area contributed by atoms with E-state index in [1.165, 1.54) is 0 Å². The average Bonchev–Trinajstić information content (AvgIpc) is 2.35. The minimum Gasteiger partial charge on any atom is -0.479 e. The maximum Gasteiger partial charge on any atom is 0.267 e. The molecule has 0 saturated carbocycles. The van der Waals surface area contributed by atoms with Crippen LogP contribution in [0.2, 0.25) is 0 Å². The molecule has 0 aromatic heterocycles. The van der Waals surface area contributed by atoms with Crippen LogP contribution in [0, 0.1) is 0 Å². The molecule has 1 aromatic carbocycles. The number of aliphatic hydroxyl groups is 1. The summed E-state index contributed by atoms with van der Waals surface area (Å²) in [6.45, 7) is 6.41. The number of nitrogens with one attached hydrogen (secondary N) is 1. The molecule has 5 nitrogen and oxygen atoms in total. The fraction of sp³-hybridized carbons (Fsp3) is 0.533. The molecule has 1 aliphatic heterocycles. The van der Waals surface area contributed by atoms with E-state index in [0.717, 1.165) is 17.0 Å². The Labute approximate surface area is 119 Å². The molecule has 1 heterocycles. The van der Waals surface area contributed by atoms with Crippen molar-refractivity contribution in [3.05, 3.63) is 23.8 Å². The van der Waals surface area contributed by atoms with Crippen molar-refractivity contribution in [3.63, 3.8) is 0 Å². The summed E-state index contributed by atoms with van der Waals surface area (Å²) in [6, 6.07) is 5.79. The molecule has 0 aliphatic carbocycles. The summed E-state index contributed by atoms with van der Waals surface area (Å²) in [7, 11) is 1.76. The SMILES string of the molecule is CC1Oc2ccc(CNCC(C)(C)O)cc2N(C)C1=O. The fourth-order valence-corrected chi connectivity index (χ4v) is 2.18. The van der Waals surface area contributed by atoms with Crippen LogP contribution < -0.4 is 15.0 Å². The largest absolute Gasteiger partial charge is 0.479 e. The second-order valence-corrected chi connectivity index (χ2v) is 5.88. The summed E-state index contributed by atoms with van der Waals surface area (Å²) in [5.74, 6) is 0.685. The molecule has 0 saturated heterocycles. The van der Waals surface area contributed by atoms with Crippen molar-refractivity contribution < 1.29 is 14.6 Å². The lowest BCUT2D eigenvalue weighted by molar-refractivity contribution is -0.125. The van der Waals surface area contributed by atoms with E-state index < -0.39 is 11.7 Å². The normalized spacial score (nSPS) is 18.8. The third kappa shape index (κ3) is 3.29. The molecule has 1 aliphatic rings. The Kier molecular flexibility index (Phi) is 4.01. The quantitative estimate of drug-likeness (QED) is 0.871. The number of fused-ring (bicyclic) bond motifs is 1. The van der Waals surface area contributed by atoms with Crippen LogP contribution in [0.5, 0.6) is 5.75 Å². The molecule has 0 spiro atoms. The monoisotopic (exact) mass is 278 g/mol. The maximum absolute atomic E-state index is 11.9. The molecule has 5 heteroatoms. The Morgan fingerprint density at radius 2 is 2.15 bits per heavy atom. The van der Waals surface area contributed by atoms with Crippen molar-refractivity contribution in [2.75, 3.05) is 18.5 Å². The zero-order valence-corrected chi connectivity index (χ0v) is 12.4. The molecule has 20 heavy (non-hydrogen) atoms. The lowest BCUT2D eigenvalue weighted by Crippen LogP contribution is -2.42. The van der Waals surface area contributed by atoms with Gasteiger partial charge < -0.3 is 20.1 Å². The Hall–Kier alpha value is -1.59. The summed E-state index contributed by atoms with van der Waals surface area (Å²) in [5, 5.41) is 12.8. The summed E-state index contributed by atoms with van der Waals surface area (Å²) in [6.07, 6.45) is -0.438. The van der Waals surface area contributed by atoms with Gasteiger partial charge in [0.15, 0.2) is 6.10 Å². The van der Waals surface area contributed by atoms with E-state index in [9.17, 15) is 9.90 Å². The second kappa shape index (κ2) is 5.42. The summed E-state index contributed by atoms with van der Waals surface area (Å²) < 4.78 is 5.58. The summed E-state index contributed by atoms with van der Waals surface area (Å²) >= 11 is 0. The number of hydrogen-bond acceptors (Lipinski definition) is 4. The number of ether oxygens (including phenoxy) is 1. The van der Waals surface area contributed by atoms with E-state index >= 15 is 0 Å². The standard InChI is InChI=1S/C15H22N2O3/c1-10-14(18)17(4)12-7-11(5-6-13(12)20-10)8-16-9-15(2,3)19/h5-7,10,16,19H,8-9H2,1-4H3. The minimum atomic E-state index is -0.737. The van der Waals surface area contributed by atoms with Gasteiger partial charge in [-0.15, -0.1) is 0 Å². The number of anilines is 1. The van der Waals surface area contributed by atoms with Crippen molar-refractivity contribution in [1.29, 1.82) is 0 Å². The smallest absolute Gasteiger partial charge is 0.267 e. The molecule has 2 N–H and O–H groups in total. The zero-order valence-electron chi connectivity index (χ0n) is 12.4. The molecule has 1 aromatic rings. The van der Waals surface area contributed by atoms with Gasteiger partial charge in [-0.25, -0.2) is 0 Å². The van der Waals surface area contributed by atoms with E-state index in [1.807, 2.05) is 18.2 Å². The van der Waals surface area contributed by atoms with Gasteiger partial charge in [0, 0.05) is 20.1 Å². The topological polar surface area (TPSA) is 61.8 Å². The Morgan fingerprint density at radius 1 is 1.45 bits per heavy atom. The van der Waals surface area contributed by atoms with Gasteiger partial charge in [-0.2, -0.15) is 0 Å². The van der Waals surface area contributed by atoms with Gasteiger partial charge >= 0.3 is 0 Å². The molecule has 1 unspecified atom stereocenters. The fourth-order valence-electron chi connectivity index (χ4n) is 2.18. The first-order chi connectivity index (χ1) is 9.28. The van der Waals surface area contributed by atoms with Crippen molar-refractivity contribution in [2.45, 2.75) is 39.0 Å². The van der Waals surface area contributed by atoms with E-state index in [4.69, 9.17) is 4.74 Å². The van der Waals surface area contributed by atoms with Crippen LogP contribution >= 0.6 is 0 Å². The number of hydrogen-bond donors (Lipinski definition) is 2. The van der Waals surface area contributed by atoms with Gasteiger partial charge in [-0.3, -0.25) is 4.79 Å². The van der Waals surface area contributed by atoms with E-state index in [-0.39, 0.29) is 5.91 Å². The number of carbonyl (C=O) groups excluding carboxylic acids is 1. The first kappa shape index (κ1) is 14.8. The van der Waals surface area contributed by atoms with Gasteiger partial charge in [0.05, 0.1) is 11.3 Å². The molecular formula is C15H22N2O3. The Balaban J connectivity index is 2.10. The van der Waals surface area contributed by atoms with Crippen molar-refractivity contribution >= 4 is 11.6 Å². The van der Waals surface area contributed by atoms with Gasteiger partial charge in [0.2, 0.25) is 0 Å². The van der Waals surface area contributed by atoms with Gasteiger partial charge in [-0.1, -0.05) is 6.07 Å². The highest BCUT2D eigenvalue weighted by atomic mass is 16.5. The molecular weight excluding hydrogens is 256 g/mol. The number of amides is 1. The van der Waals surface area contributed by atoms with Crippen LogP contribution in [0.25, 0.3) is 0 Å². The number of benzene rings is 1. The first-order valence-corrected chi connectivity index (χ1v) is 6.78. The molecule has 110 valence electrons. The third-order valence-corrected chi connectivity index (χ3v) is 3.25. The lowest BCUT2D eigenvalue weighted by Gasteiger charge is -2.30. The average molecular weight is 278 g/mol. The molecule has 1 amide bonds. The zero-order chi connectivity index (χ0) is 14.9. The van der Waals surface area contributed by atoms with E-state index in [1.54, 1.807) is 32.7 Å². The highest BCUT2D eigenvalue weighted by Crippen LogP contribution is 2.33. The summed E-state index contributed by atoms with van der Waals surface area (Å²) in [4.78, 5) is 13.5. The van der Waals surface area contributed by atoms with Crippen LogP contribution in [0.3, 0.4) is 0 Å². The maximum atomic E-state index is 11.9. The van der Waals surface area contributed by atoms with Gasteiger partial charge in [0.25, 0.3) is 5.91 Å². The highest BCUT2D eigenvalue weighted by Gasteiger charge is 2.28. The number of carbonyl (C=O) groups is 1. The van der Waals surface area contributed by atoms with Crippen LogP contribution in [0.15, 0.2) is 18.2 Å². The van der Waals surface area contributed by atoms with Crippen LogP contribution in [-0.4, -0.2) is 36.3 Å². The lowest BCUT2D eigenvalue weighted by atomic mass is 10.1. The predicted octanol–water partition coefficient (Wildman–Crippen LogP) is 1.29. The van der Waals surface area contributed by atoms with Gasteiger partial charge in [-0.05, 0) is 38.5 Å². The van der Waals surface area contributed by atoms with Crippen molar-refractivity contribution in [3.8, 4) is 5.75 Å². The highest BCUT2D eigenvalue weighted by molar-refractivity contribution is 5.99. The third-order valence-electron chi connectivity index (χ3n) is 3.25. The van der Waals surface area contributed by atoms with Crippen LogP contribution in [-0.2, 0) is 11.3 Å². The molecule has 2 rings (SSSR count). The van der Waals surface area contributed by atoms with Gasteiger partial charge in [0.1, 0.15) is 5.75 Å². The number of nitrogens with zero attached hydrogens (tertiary/aromatic N) is 1. The van der Waals surface area contributed by atoms with Crippen molar-refractivity contribution in [1.82, 2.24) is 5.32 Å². The Morgan fingerprint density at radius 3 is 2.80 bits per heavy atom. The molecule has 0 radical (unpaired) electrons. The first-order valence-electron chi connectivity index (χ1n) is 6.78. The van der Waals surface area contributed by atoms with E-state index in [0.29, 0.717) is 13.1 Å². The molecule has 1 atom stereocenters. The number of likely N-dealkylation sites (N-methyl/N-ethyl adjacent to an activating group) is 1. The Bertz CT molecular complexity index is 508. The van der Waals surface area contributed by atoms with Crippen LogP contribution in [0.1, 0.15) is 26.3 Å². The minimum absolute atomic E-state index is 0.0425. The van der Waals surface area contributed by atoms with Crippen molar-refractivity contribution in [2.24, 2.45) is 0 Å². The van der Waals surface area contributed by atoms with Crippen LogP contribution in [0.4, 0.5) is 5.69 Å². The predicted molar refractivity (Wildman–Crippen MR) is 77.9 cm³/mol. The van der Waals surface area contributed by atoms with E-state index in [2.05, 4.69) is 5.32 Å². The second-order valence-electron chi connectivity index (χ2n) is 5.88. The molecule has 0 bridgehead atoms. The molecule has 0 fully saturated rings. The number of rotatable bonds is 4. The summed E-state index contributed by atoms with van der Waals surface area (Å²) in [5.41, 5.74) is 1.10.